The summed E-state index contributed by atoms with van der Waals surface area (Å²) in [5, 5.41) is 17.3. The zero-order valence-electron chi connectivity index (χ0n) is 16.6. The standard InChI is InChI=1S/C23H21N3O4/c1-28-15-8-9-20(27)17(11-15)18-12-19-16-6-3-7-21(29-2)22(16)30-23(26(19)25-18)14-5-4-10-24-13-14/h3-11,13,19,23,27H,12H2,1-2H3/t19-,23-/m1/s1. The van der Waals surface area contributed by atoms with Crippen LogP contribution in [-0.4, -0.2) is 35.0 Å². The molecule has 0 aliphatic carbocycles. The van der Waals surface area contributed by atoms with Crippen molar-refractivity contribution in [2.75, 3.05) is 14.2 Å². The minimum atomic E-state index is -0.460. The van der Waals surface area contributed by atoms with Crippen LogP contribution in [0.25, 0.3) is 0 Å². The number of aromatic hydroxyl groups is 1. The number of phenols is 1. The molecule has 2 atom stereocenters. The predicted octanol–water partition coefficient (Wildman–Crippen LogP) is 4.05. The molecule has 0 fully saturated rings. The van der Waals surface area contributed by atoms with E-state index < -0.39 is 6.23 Å². The van der Waals surface area contributed by atoms with Crippen LogP contribution in [-0.2, 0) is 0 Å². The largest absolute Gasteiger partial charge is 0.507 e. The summed E-state index contributed by atoms with van der Waals surface area (Å²) < 4.78 is 17.3. The van der Waals surface area contributed by atoms with Gasteiger partial charge in [-0.05, 0) is 30.3 Å². The van der Waals surface area contributed by atoms with E-state index in [1.54, 1.807) is 44.8 Å². The first-order valence-corrected chi connectivity index (χ1v) is 9.66. The molecular weight excluding hydrogens is 382 g/mol. The Morgan fingerprint density at radius 2 is 2.00 bits per heavy atom. The highest BCUT2D eigenvalue weighted by atomic mass is 16.5. The topological polar surface area (TPSA) is 76.4 Å². The fourth-order valence-electron chi connectivity index (χ4n) is 4.02. The van der Waals surface area contributed by atoms with Crippen molar-refractivity contribution in [1.29, 1.82) is 0 Å². The fourth-order valence-corrected chi connectivity index (χ4v) is 4.02. The zero-order valence-corrected chi connectivity index (χ0v) is 16.6. The summed E-state index contributed by atoms with van der Waals surface area (Å²) >= 11 is 0. The van der Waals surface area contributed by atoms with Crippen molar-refractivity contribution in [3.8, 4) is 23.0 Å². The molecule has 3 heterocycles. The summed E-state index contributed by atoms with van der Waals surface area (Å²) in [6.45, 7) is 0. The predicted molar refractivity (Wildman–Crippen MR) is 111 cm³/mol. The fraction of sp³-hybridized carbons (Fsp3) is 0.217. The van der Waals surface area contributed by atoms with Crippen molar-refractivity contribution in [1.82, 2.24) is 9.99 Å². The van der Waals surface area contributed by atoms with E-state index in [0.717, 1.165) is 16.8 Å². The Bertz CT molecular complexity index is 1120. The molecule has 152 valence electrons. The zero-order chi connectivity index (χ0) is 20.7. The lowest BCUT2D eigenvalue weighted by Crippen LogP contribution is -2.33. The Morgan fingerprint density at radius 3 is 2.77 bits per heavy atom. The number of phenolic OH excluding ortho intramolecular Hbond substituents is 1. The summed E-state index contributed by atoms with van der Waals surface area (Å²) in [6.07, 6.45) is 3.66. The van der Waals surface area contributed by atoms with Gasteiger partial charge in [-0.15, -0.1) is 0 Å². The minimum Gasteiger partial charge on any atom is -0.507 e. The summed E-state index contributed by atoms with van der Waals surface area (Å²) in [5.74, 6) is 2.22. The monoisotopic (exact) mass is 403 g/mol. The van der Waals surface area contributed by atoms with Crippen LogP contribution in [0.15, 0.2) is 66.0 Å². The van der Waals surface area contributed by atoms with Gasteiger partial charge >= 0.3 is 0 Å². The lowest BCUT2D eigenvalue weighted by molar-refractivity contribution is -0.0211. The number of nitrogens with zero attached hydrogens (tertiary/aromatic N) is 3. The molecule has 3 aromatic rings. The molecule has 0 unspecified atom stereocenters. The van der Waals surface area contributed by atoms with Crippen LogP contribution >= 0.6 is 0 Å². The summed E-state index contributed by atoms with van der Waals surface area (Å²) in [4.78, 5) is 4.24. The van der Waals surface area contributed by atoms with Crippen molar-refractivity contribution in [3.63, 3.8) is 0 Å². The number of aromatic nitrogens is 1. The Kier molecular flexibility index (Phi) is 4.43. The smallest absolute Gasteiger partial charge is 0.215 e. The van der Waals surface area contributed by atoms with E-state index in [9.17, 15) is 5.11 Å². The average Bonchev–Trinajstić information content (AvgIpc) is 3.24. The molecule has 30 heavy (non-hydrogen) atoms. The van der Waals surface area contributed by atoms with Crippen molar-refractivity contribution >= 4 is 5.71 Å². The number of hydrogen-bond donors (Lipinski definition) is 1. The second kappa shape index (κ2) is 7.26. The molecule has 1 aromatic heterocycles. The molecule has 0 spiro atoms. The van der Waals surface area contributed by atoms with Crippen molar-refractivity contribution in [2.45, 2.75) is 18.7 Å². The van der Waals surface area contributed by atoms with Crippen LogP contribution in [0.1, 0.15) is 35.4 Å². The van der Waals surface area contributed by atoms with Crippen LogP contribution in [0.2, 0.25) is 0 Å². The lowest BCUT2D eigenvalue weighted by atomic mass is 9.95. The molecule has 2 aromatic carbocycles. The van der Waals surface area contributed by atoms with E-state index in [2.05, 4.69) is 4.98 Å². The van der Waals surface area contributed by atoms with E-state index >= 15 is 0 Å². The number of fused-ring (bicyclic) bond motifs is 3. The third kappa shape index (κ3) is 2.90. The van der Waals surface area contributed by atoms with Crippen LogP contribution in [0.3, 0.4) is 0 Å². The maximum Gasteiger partial charge on any atom is 0.215 e. The Labute approximate surface area is 174 Å². The van der Waals surface area contributed by atoms with Gasteiger partial charge in [0, 0.05) is 35.5 Å². The molecule has 2 aliphatic rings. The second-order valence-corrected chi connectivity index (χ2v) is 7.16. The molecule has 0 amide bonds. The summed E-state index contributed by atoms with van der Waals surface area (Å²) in [6, 6.07) is 14.8. The van der Waals surface area contributed by atoms with Gasteiger partial charge in [0.15, 0.2) is 11.5 Å². The number of rotatable bonds is 4. The van der Waals surface area contributed by atoms with Gasteiger partial charge in [0.1, 0.15) is 11.5 Å². The maximum atomic E-state index is 10.5. The van der Waals surface area contributed by atoms with Crippen LogP contribution in [0.4, 0.5) is 0 Å². The SMILES string of the molecule is COc1ccc(O)c(C2=NN3[C@H](C2)c2cccc(OC)c2O[C@@H]3c2cccnc2)c1. The molecular formula is C23H21N3O4. The Hall–Kier alpha value is -3.74. The Morgan fingerprint density at radius 1 is 1.10 bits per heavy atom. The molecule has 0 bridgehead atoms. The second-order valence-electron chi connectivity index (χ2n) is 7.16. The summed E-state index contributed by atoms with van der Waals surface area (Å²) in [7, 11) is 3.24. The Balaban J connectivity index is 1.63. The molecule has 0 saturated heterocycles. The average molecular weight is 403 g/mol. The normalized spacial score (nSPS) is 19.4. The molecule has 0 radical (unpaired) electrons. The molecule has 7 nitrogen and oxygen atoms in total. The van der Waals surface area contributed by atoms with E-state index in [1.165, 1.54) is 0 Å². The number of hydrogen-bond acceptors (Lipinski definition) is 7. The first kappa shape index (κ1) is 18.3. The van der Waals surface area contributed by atoms with E-state index in [1.807, 2.05) is 35.3 Å². The highest BCUT2D eigenvalue weighted by molar-refractivity contribution is 6.04. The van der Waals surface area contributed by atoms with Crippen LogP contribution in [0, 0.1) is 0 Å². The molecule has 5 rings (SSSR count). The maximum absolute atomic E-state index is 10.5. The van der Waals surface area contributed by atoms with Gasteiger partial charge < -0.3 is 19.3 Å². The number of methoxy groups -OCH3 is 2. The van der Waals surface area contributed by atoms with Gasteiger partial charge in [-0.2, -0.15) is 5.10 Å². The third-order valence-corrected chi connectivity index (χ3v) is 5.48. The van der Waals surface area contributed by atoms with Crippen molar-refractivity contribution in [3.05, 3.63) is 77.6 Å². The number of pyridine rings is 1. The molecule has 1 N–H and O–H groups in total. The van der Waals surface area contributed by atoms with Gasteiger partial charge in [-0.3, -0.25) is 4.98 Å². The quantitative estimate of drug-likeness (QED) is 0.708. The van der Waals surface area contributed by atoms with Crippen molar-refractivity contribution in [2.24, 2.45) is 5.10 Å². The number of ether oxygens (including phenoxy) is 3. The van der Waals surface area contributed by atoms with Gasteiger partial charge in [0.25, 0.3) is 0 Å². The van der Waals surface area contributed by atoms with Crippen LogP contribution in [0.5, 0.6) is 23.0 Å². The van der Waals surface area contributed by atoms with Gasteiger partial charge in [-0.25, -0.2) is 5.01 Å². The van der Waals surface area contributed by atoms with E-state index in [-0.39, 0.29) is 11.8 Å². The van der Waals surface area contributed by atoms with Crippen molar-refractivity contribution < 1.29 is 19.3 Å². The van der Waals surface area contributed by atoms with E-state index in [0.29, 0.717) is 29.2 Å². The highest BCUT2D eigenvalue weighted by Gasteiger charge is 2.42. The molecule has 0 saturated carbocycles. The molecule has 2 aliphatic heterocycles. The van der Waals surface area contributed by atoms with Gasteiger partial charge in [0.05, 0.1) is 26.0 Å². The highest BCUT2D eigenvalue weighted by Crippen LogP contribution is 2.51. The number of hydrazone groups is 1. The first-order chi connectivity index (χ1) is 14.7. The van der Waals surface area contributed by atoms with E-state index in [4.69, 9.17) is 19.3 Å². The third-order valence-electron chi connectivity index (χ3n) is 5.48. The number of benzene rings is 2. The lowest BCUT2D eigenvalue weighted by Gasteiger charge is -2.38. The molecule has 7 heteroatoms. The summed E-state index contributed by atoms with van der Waals surface area (Å²) in [5.41, 5.74) is 3.30. The minimum absolute atomic E-state index is 0.0605. The van der Waals surface area contributed by atoms with Crippen LogP contribution < -0.4 is 14.2 Å². The van der Waals surface area contributed by atoms with Gasteiger partial charge in [0.2, 0.25) is 6.23 Å². The van der Waals surface area contributed by atoms with Gasteiger partial charge in [-0.1, -0.05) is 18.2 Å². The number of para-hydroxylation sites is 1. The first-order valence-electron chi connectivity index (χ1n) is 9.66.